The van der Waals surface area contributed by atoms with E-state index in [9.17, 15) is 5.11 Å². The molecule has 0 aromatic carbocycles. The van der Waals surface area contributed by atoms with E-state index in [0.29, 0.717) is 5.92 Å². The molecule has 70 valence electrons. The van der Waals surface area contributed by atoms with E-state index < -0.39 is 0 Å². The van der Waals surface area contributed by atoms with Gasteiger partial charge in [0.05, 0.1) is 0 Å². The van der Waals surface area contributed by atoms with Gasteiger partial charge in [-0.2, -0.15) is 0 Å². The van der Waals surface area contributed by atoms with Crippen molar-refractivity contribution in [1.82, 2.24) is 0 Å². The second-order valence-electron chi connectivity index (χ2n) is 3.81. The lowest BCUT2D eigenvalue weighted by atomic mass is 9.85. The molecule has 0 saturated heterocycles. The number of rotatable bonds is 3. The molecule has 1 saturated carbocycles. The molecule has 2 nitrogen and oxygen atoms in total. The van der Waals surface area contributed by atoms with Crippen molar-refractivity contribution in [3.05, 3.63) is 12.3 Å². The van der Waals surface area contributed by atoms with Gasteiger partial charge >= 0.3 is 0 Å². The van der Waals surface area contributed by atoms with Crippen LogP contribution in [-0.4, -0.2) is 6.04 Å². The van der Waals surface area contributed by atoms with E-state index in [-0.39, 0.29) is 11.8 Å². The fraction of sp³-hybridized carbons (Fsp3) is 0.800. The fourth-order valence-electron chi connectivity index (χ4n) is 1.91. The Kier molecular flexibility index (Phi) is 3.60. The largest absolute Gasteiger partial charge is 0.875 e. The number of hydrogen-bond acceptors (Lipinski definition) is 2. The zero-order chi connectivity index (χ0) is 8.97. The molecule has 0 aromatic heterocycles. The second kappa shape index (κ2) is 4.51. The molecule has 1 aliphatic carbocycles. The zero-order valence-corrected chi connectivity index (χ0v) is 7.59. The summed E-state index contributed by atoms with van der Waals surface area (Å²) in [7, 11) is 0. The molecule has 0 heterocycles. The fourth-order valence-corrected chi connectivity index (χ4v) is 1.91. The lowest BCUT2D eigenvalue weighted by Gasteiger charge is -2.27. The molecule has 2 N–H and O–H groups in total. The first kappa shape index (κ1) is 9.59. The molecule has 1 unspecified atom stereocenters. The van der Waals surface area contributed by atoms with Gasteiger partial charge in [0.2, 0.25) is 0 Å². The first-order valence-corrected chi connectivity index (χ1v) is 4.81. The molecule has 0 aliphatic heterocycles. The molecule has 12 heavy (non-hydrogen) atoms. The molecule has 1 rings (SSSR count). The Hall–Kier alpha value is -0.500. The minimum atomic E-state index is -0.312. The van der Waals surface area contributed by atoms with Crippen molar-refractivity contribution in [3.63, 3.8) is 0 Å². The Bertz CT molecular complexity index is 150. The summed E-state index contributed by atoms with van der Waals surface area (Å²) in [5, 5.41) is 10.8. The molecule has 1 atom stereocenters. The van der Waals surface area contributed by atoms with E-state index in [1.165, 1.54) is 32.1 Å². The van der Waals surface area contributed by atoms with Gasteiger partial charge in [-0.3, -0.25) is 0 Å². The third kappa shape index (κ3) is 2.86. The van der Waals surface area contributed by atoms with Crippen molar-refractivity contribution < 1.29 is 5.11 Å². The van der Waals surface area contributed by atoms with Gasteiger partial charge in [-0.25, -0.2) is 0 Å². The summed E-state index contributed by atoms with van der Waals surface area (Å²) in [6.45, 7) is 3.34. The Morgan fingerprint density at radius 3 is 2.50 bits per heavy atom. The maximum atomic E-state index is 10.8. The van der Waals surface area contributed by atoms with Crippen LogP contribution < -0.4 is 10.8 Å². The van der Waals surface area contributed by atoms with Crippen LogP contribution >= 0.6 is 0 Å². The van der Waals surface area contributed by atoms with Crippen LogP contribution in [0.2, 0.25) is 0 Å². The summed E-state index contributed by atoms with van der Waals surface area (Å²) in [6, 6.07) is -0.312. The Labute approximate surface area is 74.5 Å². The maximum Gasteiger partial charge on any atom is 0.0149 e. The van der Waals surface area contributed by atoms with Gasteiger partial charge in [0.1, 0.15) is 0 Å². The van der Waals surface area contributed by atoms with Gasteiger partial charge in [0, 0.05) is 6.04 Å². The van der Waals surface area contributed by atoms with Crippen molar-refractivity contribution in [2.24, 2.45) is 11.7 Å². The average Bonchev–Trinajstić information content (AvgIpc) is 2.06. The van der Waals surface area contributed by atoms with Crippen LogP contribution in [0.1, 0.15) is 38.5 Å². The van der Waals surface area contributed by atoms with E-state index >= 15 is 0 Å². The molecular weight excluding hydrogens is 150 g/mol. The third-order valence-corrected chi connectivity index (χ3v) is 2.73. The Morgan fingerprint density at radius 1 is 1.42 bits per heavy atom. The minimum Gasteiger partial charge on any atom is -0.875 e. The van der Waals surface area contributed by atoms with Crippen molar-refractivity contribution in [1.29, 1.82) is 0 Å². The van der Waals surface area contributed by atoms with Crippen LogP contribution in [-0.2, 0) is 0 Å². The molecule has 1 fully saturated rings. The third-order valence-electron chi connectivity index (χ3n) is 2.73. The van der Waals surface area contributed by atoms with E-state index in [1.54, 1.807) is 0 Å². The van der Waals surface area contributed by atoms with Crippen LogP contribution in [0.3, 0.4) is 0 Å². The summed E-state index contributed by atoms with van der Waals surface area (Å²) in [5.41, 5.74) is 5.64. The van der Waals surface area contributed by atoms with Crippen LogP contribution in [0.15, 0.2) is 12.3 Å². The molecule has 0 aromatic rings. The standard InChI is InChI=1S/C10H19NO/c1-8(12)10(11)7-9-5-3-2-4-6-9/h9-10,12H,1-7,11H2/p-1. The zero-order valence-electron chi connectivity index (χ0n) is 7.59. The van der Waals surface area contributed by atoms with Crippen LogP contribution in [0.4, 0.5) is 0 Å². The molecule has 0 radical (unpaired) electrons. The normalized spacial score (nSPS) is 22.1. The van der Waals surface area contributed by atoms with Crippen LogP contribution in [0, 0.1) is 5.92 Å². The summed E-state index contributed by atoms with van der Waals surface area (Å²) >= 11 is 0. The SMILES string of the molecule is C=C([O-])C(N)CC1CCCCC1. The van der Waals surface area contributed by atoms with Gasteiger partial charge in [-0.05, 0) is 12.3 Å². The first-order chi connectivity index (χ1) is 5.70. The van der Waals surface area contributed by atoms with Gasteiger partial charge in [0.25, 0.3) is 0 Å². The van der Waals surface area contributed by atoms with Gasteiger partial charge in [-0.1, -0.05) is 32.1 Å². The molecule has 1 aliphatic rings. The summed E-state index contributed by atoms with van der Waals surface area (Å²) in [5.74, 6) is 0.569. The van der Waals surface area contributed by atoms with Crippen molar-refractivity contribution in [3.8, 4) is 0 Å². The summed E-state index contributed by atoms with van der Waals surface area (Å²) < 4.78 is 0. The number of hydrogen-bond donors (Lipinski definition) is 1. The van der Waals surface area contributed by atoms with Crippen LogP contribution in [0.25, 0.3) is 0 Å². The minimum absolute atomic E-state index is 0.111. The van der Waals surface area contributed by atoms with Gasteiger partial charge in [-0.15, -0.1) is 12.3 Å². The van der Waals surface area contributed by atoms with Crippen molar-refractivity contribution >= 4 is 0 Å². The Balaban J connectivity index is 2.24. The highest BCUT2D eigenvalue weighted by Gasteiger charge is 2.15. The monoisotopic (exact) mass is 168 g/mol. The maximum absolute atomic E-state index is 10.8. The van der Waals surface area contributed by atoms with E-state index in [1.807, 2.05) is 0 Å². The molecule has 0 amide bonds. The van der Waals surface area contributed by atoms with E-state index in [0.717, 1.165) is 6.42 Å². The topological polar surface area (TPSA) is 49.1 Å². The molecule has 2 heteroatoms. The molecule has 0 bridgehead atoms. The highest BCUT2D eigenvalue weighted by atomic mass is 16.3. The van der Waals surface area contributed by atoms with E-state index in [4.69, 9.17) is 5.73 Å². The van der Waals surface area contributed by atoms with E-state index in [2.05, 4.69) is 6.58 Å². The van der Waals surface area contributed by atoms with Crippen LogP contribution in [0.5, 0.6) is 0 Å². The highest BCUT2D eigenvalue weighted by Crippen LogP contribution is 2.27. The Morgan fingerprint density at radius 2 is 2.00 bits per heavy atom. The quantitative estimate of drug-likeness (QED) is 0.643. The predicted octanol–water partition coefficient (Wildman–Crippen LogP) is 1.16. The van der Waals surface area contributed by atoms with Crippen molar-refractivity contribution in [2.75, 3.05) is 0 Å². The lowest BCUT2D eigenvalue weighted by Crippen LogP contribution is -2.31. The average molecular weight is 168 g/mol. The van der Waals surface area contributed by atoms with Crippen molar-refractivity contribution in [2.45, 2.75) is 44.6 Å². The number of nitrogens with two attached hydrogens (primary N) is 1. The molecular formula is C10H18NO-. The van der Waals surface area contributed by atoms with Gasteiger partial charge in [0.15, 0.2) is 0 Å². The predicted molar refractivity (Wildman–Crippen MR) is 48.3 cm³/mol. The smallest absolute Gasteiger partial charge is 0.0149 e. The van der Waals surface area contributed by atoms with Gasteiger partial charge < -0.3 is 10.8 Å². The molecule has 0 spiro atoms. The summed E-state index contributed by atoms with van der Waals surface area (Å²) in [6.07, 6.45) is 7.32. The lowest BCUT2D eigenvalue weighted by molar-refractivity contribution is -0.309. The summed E-state index contributed by atoms with van der Waals surface area (Å²) in [4.78, 5) is 0. The second-order valence-corrected chi connectivity index (χ2v) is 3.81. The highest BCUT2D eigenvalue weighted by molar-refractivity contribution is 4.91. The first-order valence-electron chi connectivity index (χ1n) is 4.81.